The number of hydrogen-bond acceptors (Lipinski definition) is 4. The van der Waals surface area contributed by atoms with Crippen LogP contribution in [0.1, 0.15) is 10.4 Å². The number of carboxylic acid groups (broad SMARTS) is 1. The summed E-state index contributed by atoms with van der Waals surface area (Å²) < 4.78 is 5.77. The van der Waals surface area contributed by atoms with Crippen molar-refractivity contribution >= 4 is 16.9 Å². The molecular formula is C20H12O5. The molecule has 0 spiro atoms. The average Bonchev–Trinajstić information content (AvgIpc) is 2.59. The summed E-state index contributed by atoms with van der Waals surface area (Å²) >= 11 is 0. The van der Waals surface area contributed by atoms with Crippen LogP contribution >= 0.6 is 0 Å². The van der Waals surface area contributed by atoms with Crippen molar-refractivity contribution in [3.05, 3.63) is 76.5 Å². The summed E-state index contributed by atoms with van der Waals surface area (Å²) in [5.41, 5.74) is 2.52. The Balaban J connectivity index is 2.15. The maximum absolute atomic E-state index is 11.7. The highest BCUT2D eigenvalue weighted by molar-refractivity contribution is 6.03. The zero-order valence-corrected chi connectivity index (χ0v) is 12.9. The van der Waals surface area contributed by atoms with Gasteiger partial charge in [0, 0.05) is 28.6 Å². The highest BCUT2D eigenvalue weighted by Gasteiger charge is 2.18. The Labute approximate surface area is 141 Å². The zero-order chi connectivity index (χ0) is 17.6. The molecule has 2 aromatic carbocycles. The number of phenols is 1. The lowest BCUT2D eigenvalue weighted by Crippen LogP contribution is -2.00. The van der Waals surface area contributed by atoms with Gasteiger partial charge in [-0.1, -0.05) is 12.1 Å². The van der Waals surface area contributed by atoms with Gasteiger partial charge in [0.05, 0.1) is 5.56 Å². The van der Waals surface area contributed by atoms with Crippen LogP contribution in [0, 0.1) is 0 Å². The van der Waals surface area contributed by atoms with Gasteiger partial charge in [-0.05, 0) is 42.0 Å². The molecule has 0 aromatic heterocycles. The molecular weight excluding hydrogens is 320 g/mol. The predicted octanol–water partition coefficient (Wildman–Crippen LogP) is 3.97. The number of fused-ring (bicyclic) bond motifs is 2. The van der Waals surface area contributed by atoms with Gasteiger partial charge in [0.15, 0.2) is 5.43 Å². The van der Waals surface area contributed by atoms with E-state index < -0.39 is 5.97 Å². The molecule has 122 valence electrons. The van der Waals surface area contributed by atoms with Gasteiger partial charge in [0.1, 0.15) is 17.1 Å². The van der Waals surface area contributed by atoms with Gasteiger partial charge in [0.2, 0.25) is 0 Å². The third-order valence-electron chi connectivity index (χ3n) is 4.08. The molecule has 4 rings (SSSR count). The maximum Gasteiger partial charge on any atom is 0.335 e. The molecule has 0 unspecified atom stereocenters. The number of carbonyl (C=O) groups is 1. The number of carboxylic acids is 1. The van der Waals surface area contributed by atoms with Gasteiger partial charge in [-0.25, -0.2) is 4.79 Å². The average molecular weight is 332 g/mol. The minimum atomic E-state index is -1.02. The number of benzene rings is 3. The van der Waals surface area contributed by atoms with Gasteiger partial charge in [-0.2, -0.15) is 0 Å². The number of hydrogen-bond donors (Lipinski definition) is 2. The second-order valence-electron chi connectivity index (χ2n) is 5.70. The molecule has 0 radical (unpaired) electrons. The monoisotopic (exact) mass is 332 g/mol. The second-order valence-corrected chi connectivity index (χ2v) is 5.70. The van der Waals surface area contributed by atoms with Gasteiger partial charge in [-0.15, -0.1) is 0 Å². The highest BCUT2D eigenvalue weighted by Crippen LogP contribution is 2.40. The molecule has 1 aliphatic heterocycles. The van der Waals surface area contributed by atoms with E-state index in [0.29, 0.717) is 27.9 Å². The van der Waals surface area contributed by atoms with Crippen molar-refractivity contribution in [1.29, 1.82) is 0 Å². The van der Waals surface area contributed by atoms with Gasteiger partial charge < -0.3 is 14.6 Å². The molecule has 0 amide bonds. The molecule has 25 heavy (non-hydrogen) atoms. The molecule has 0 bridgehead atoms. The van der Waals surface area contributed by atoms with E-state index in [2.05, 4.69) is 0 Å². The van der Waals surface area contributed by atoms with Crippen molar-refractivity contribution in [3.63, 3.8) is 0 Å². The van der Waals surface area contributed by atoms with E-state index in [9.17, 15) is 19.8 Å². The van der Waals surface area contributed by atoms with Crippen LogP contribution in [0.15, 0.2) is 69.9 Å². The maximum atomic E-state index is 11.7. The smallest absolute Gasteiger partial charge is 0.335 e. The van der Waals surface area contributed by atoms with Crippen molar-refractivity contribution < 1.29 is 19.4 Å². The Kier molecular flexibility index (Phi) is 3.28. The first-order chi connectivity index (χ1) is 12.0. The summed E-state index contributed by atoms with van der Waals surface area (Å²) in [6, 6.07) is 15.8. The summed E-state index contributed by atoms with van der Waals surface area (Å²) in [6.07, 6.45) is 0. The SMILES string of the molecule is O=C(O)c1cccc(-c2c3ccc(=O)cc-3oc3cc(O)ccc23)c1. The number of phenolic OH excluding ortho intramolecular Hbond substituents is 1. The first-order valence-electron chi connectivity index (χ1n) is 7.56. The normalized spacial score (nSPS) is 11.0. The molecule has 5 nitrogen and oxygen atoms in total. The lowest BCUT2D eigenvalue weighted by atomic mass is 9.93. The van der Waals surface area contributed by atoms with E-state index in [1.165, 1.54) is 30.3 Å². The Morgan fingerprint density at radius 3 is 2.60 bits per heavy atom. The number of aromatic carboxylic acids is 1. The Bertz CT molecular complexity index is 1160. The van der Waals surface area contributed by atoms with Gasteiger partial charge in [0.25, 0.3) is 0 Å². The molecule has 1 heterocycles. The number of rotatable bonds is 2. The van der Waals surface area contributed by atoms with Crippen LogP contribution in [0.5, 0.6) is 5.75 Å². The predicted molar refractivity (Wildman–Crippen MR) is 93.2 cm³/mol. The fourth-order valence-corrected chi connectivity index (χ4v) is 2.98. The van der Waals surface area contributed by atoms with E-state index in [0.717, 1.165) is 5.56 Å². The van der Waals surface area contributed by atoms with E-state index in [-0.39, 0.29) is 16.7 Å². The molecule has 2 aromatic rings. The lowest BCUT2D eigenvalue weighted by Gasteiger charge is -2.15. The quantitative estimate of drug-likeness (QED) is 0.542. The first kappa shape index (κ1) is 15.0. The van der Waals surface area contributed by atoms with Crippen LogP contribution in [0.25, 0.3) is 33.4 Å². The summed E-state index contributed by atoms with van der Waals surface area (Å²) in [5, 5.41) is 19.7. The number of aromatic hydroxyl groups is 1. The Hall–Kier alpha value is -3.60. The summed E-state index contributed by atoms with van der Waals surface area (Å²) in [5.74, 6) is -0.601. The molecule has 5 heteroatoms. The molecule has 1 aliphatic carbocycles. The minimum absolute atomic E-state index is 0.0408. The standard InChI is InChI=1S/C20H12O5/c21-13-4-6-15-17(9-13)25-18-10-14(22)5-7-16(18)19(15)11-2-1-3-12(8-11)20(23)24/h1-10,21H,(H,23,24). The highest BCUT2D eigenvalue weighted by atomic mass is 16.4. The Morgan fingerprint density at radius 2 is 1.80 bits per heavy atom. The van der Waals surface area contributed by atoms with E-state index in [1.807, 2.05) is 0 Å². The van der Waals surface area contributed by atoms with Crippen molar-refractivity contribution in [3.8, 4) is 28.2 Å². The summed E-state index contributed by atoms with van der Waals surface area (Å²) in [7, 11) is 0. The largest absolute Gasteiger partial charge is 0.508 e. The van der Waals surface area contributed by atoms with Crippen molar-refractivity contribution in [2.75, 3.05) is 0 Å². The van der Waals surface area contributed by atoms with Gasteiger partial charge >= 0.3 is 5.97 Å². The van der Waals surface area contributed by atoms with Crippen LogP contribution in [-0.4, -0.2) is 16.2 Å². The van der Waals surface area contributed by atoms with E-state index >= 15 is 0 Å². The van der Waals surface area contributed by atoms with Crippen molar-refractivity contribution in [2.24, 2.45) is 0 Å². The Morgan fingerprint density at radius 1 is 0.960 bits per heavy atom. The minimum Gasteiger partial charge on any atom is -0.508 e. The van der Waals surface area contributed by atoms with Crippen molar-refractivity contribution in [2.45, 2.75) is 0 Å². The third kappa shape index (κ3) is 2.52. The molecule has 0 saturated heterocycles. The third-order valence-corrected chi connectivity index (χ3v) is 4.08. The van der Waals surface area contributed by atoms with Crippen LogP contribution in [0.4, 0.5) is 0 Å². The molecule has 0 saturated carbocycles. The lowest BCUT2D eigenvalue weighted by molar-refractivity contribution is 0.0697. The van der Waals surface area contributed by atoms with E-state index in [4.69, 9.17) is 4.42 Å². The molecule has 2 N–H and O–H groups in total. The fourth-order valence-electron chi connectivity index (χ4n) is 2.98. The molecule has 0 fully saturated rings. The fraction of sp³-hybridized carbons (Fsp3) is 0. The summed E-state index contributed by atoms with van der Waals surface area (Å²) in [4.78, 5) is 23.0. The zero-order valence-electron chi connectivity index (χ0n) is 12.9. The van der Waals surface area contributed by atoms with E-state index in [1.54, 1.807) is 30.3 Å². The topological polar surface area (TPSA) is 87.7 Å². The van der Waals surface area contributed by atoms with Crippen molar-refractivity contribution in [1.82, 2.24) is 0 Å². The van der Waals surface area contributed by atoms with Crippen LogP contribution in [0.3, 0.4) is 0 Å². The first-order valence-corrected chi connectivity index (χ1v) is 7.56. The van der Waals surface area contributed by atoms with Gasteiger partial charge in [-0.3, -0.25) is 4.79 Å². The second kappa shape index (κ2) is 5.49. The summed E-state index contributed by atoms with van der Waals surface area (Å²) in [6.45, 7) is 0. The van der Waals surface area contributed by atoms with Crippen LogP contribution in [-0.2, 0) is 0 Å². The van der Waals surface area contributed by atoms with Crippen LogP contribution < -0.4 is 5.43 Å². The molecule has 0 atom stereocenters. The van der Waals surface area contributed by atoms with Crippen LogP contribution in [0.2, 0.25) is 0 Å². The molecule has 2 aliphatic rings.